The van der Waals surface area contributed by atoms with Crippen LogP contribution < -0.4 is 14.3 Å². The maximum Gasteiger partial charge on any atom is 0.334 e. The van der Waals surface area contributed by atoms with Crippen molar-refractivity contribution in [2.24, 2.45) is 0 Å². The summed E-state index contributed by atoms with van der Waals surface area (Å²) in [5, 5.41) is 7.19. The fourth-order valence-electron chi connectivity index (χ4n) is 4.41. The largest absolute Gasteiger partial charge is 0.334 e. The highest BCUT2D eigenvalue weighted by Gasteiger charge is 2.36. The molecule has 1 saturated carbocycles. The zero-order chi connectivity index (χ0) is 24.6. The van der Waals surface area contributed by atoms with E-state index >= 15 is 0 Å². The Morgan fingerprint density at radius 1 is 1.21 bits per heavy atom. The number of rotatable bonds is 8. The van der Waals surface area contributed by atoms with Crippen molar-refractivity contribution >= 4 is 39.0 Å². The Balaban J connectivity index is 1.57. The van der Waals surface area contributed by atoms with Crippen LogP contribution in [-0.2, 0) is 10.2 Å². The molecule has 188 valence electrons. The first-order chi connectivity index (χ1) is 16.0. The van der Waals surface area contributed by atoms with Gasteiger partial charge in [-0.1, -0.05) is 27.7 Å². The van der Waals surface area contributed by atoms with Gasteiger partial charge in [0.05, 0.1) is 29.7 Å². The molecule has 9 nitrogen and oxygen atoms in total. The third-order valence-corrected chi connectivity index (χ3v) is 9.50. The zero-order valence-electron chi connectivity index (χ0n) is 20.6. The number of hydrogen-bond donors (Lipinski definition) is 2. The number of nitrogens with zero attached hydrogens (tertiary/aromatic N) is 4. The number of anilines is 2. The van der Waals surface area contributed by atoms with E-state index in [4.69, 9.17) is 0 Å². The van der Waals surface area contributed by atoms with Gasteiger partial charge in [0, 0.05) is 22.5 Å². The van der Waals surface area contributed by atoms with Crippen LogP contribution >= 0.6 is 11.3 Å². The molecule has 4 rings (SSSR count). The van der Waals surface area contributed by atoms with Gasteiger partial charge in [-0.15, -0.1) is 11.3 Å². The van der Waals surface area contributed by atoms with E-state index in [-0.39, 0.29) is 12.0 Å². The second-order valence-electron chi connectivity index (χ2n) is 10.1. The SMILES string of the molecule is CC(C)c1cc(NC(=O)NS(=O)(=O)N(c2cnn(C3CC3)c2)[C@@H]2CCCN(C)C2)c(C(C)C)s1. The lowest BCUT2D eigenvalue weighted by molar-refractivity contribution is 0.251. The molecule has 2 aromatic rings. The summed E-state index contributed by atoms with van der Waals surface area (Å²) in [5.74, 6) is 0.540. The molecule has 0 radical (unpaired) electrons. The molecule has 2 aliphatic rings. The molecule has 1 aliphatic carbocycles. The van der Waals surface area contributed by atoms with Gasteiger partial charge in [0.15, 0.2) is 0 Å². The van der Waals surface area contributed by atoms with Crippen molar-refractivity contribution in [2.45, 2.75) is 77.3 Å². The van der Waals surface area contributed by atoms with Gasteiger partial charge in [-0.2, -0.15) is 13.5 Å². The average molecular weight is 509 g/mol. The van der Waals surface area contributed by atoms with Crippen LogP contribution in [-0.4, -0.2) is 55.3 Å². The van der Waals surface area contributed by atoms with Gasteiger partial charge in [-0.3, -0.25) is 4.68 Å². The van der Waals surface area contributed by atoms with Crippen LogP contribution in [0, 0.1) is 0 Å². The number of carbonyl (C=O) groups excluding carboxylic acids is 1. The molecule has 1 aliphatic heterocycles. The molecular weight excluding hydrogens is 472 g/mol. The Bertz CT molecular complexity index is 1120. The van der Waals surface area contributed by atoms with Crippen molar-refractivity contribution in [3.05, 3.63) is 28.2 Å². The second-order valence-corrected chi connectivity index (χ2v) is 12.7. The second kappa shape index (κ2) is 9.87. The fourth-order valence-corrected chi connectivity index (χ4v) is 6.85. The highest BCUT2D eigenvalue weighted by atomic mass is 32.2. The van der Waals surface area contributed by atoms with E-state index in [9.17, 15) is 13.2 Å². The summed E-state index contributed by atoms with van der Waals surface area (Å²) in [6.45, 7) is 9.85. The number of nitrogens with one attached hydrogen (secondary N) is 2. The molecular formula is C23H36N6O3S2. The van der Waals surface area contributed by atoms with Gasteiger partial charge in [0.25, 0.3) is 0 Å². The summed E-state index contributed by atoms with van der Waals surface area (Å²) >= 11 is 1.65. The number of likely N-dealkylation sites (tertiary alicyclic amines) is 1. The van der Waals surface area contributed by atoms with Crippen LogP contribution in [0.1, 0.15) is 81.0 Å². The van der Waals surface area contributed by atoms with E-state index in [1.165, 1.54) is 4.31 Å². The summed E-state index contributed by atoms with van der Waals surface area (Å²) in [5.41, 5.74) is 1.16. The van der Waals surface area contributed by atoms with Crippen LogP contribution in [0.25, 0.3) is 0 Å². The Morgan fingerprint density at radius 3 is 2.56 bits per heavy atom. The minimum atomic E-state index is -4.16. The number of piperidine rings is 1. The maximum absolute atomic E-state index is 13.6. The monoisotopic (exact) mass is 508 g/mol. The summed E-state index contributed by atoms with van der Waals surface area (Å²) in [7, 11) is -2.17. The number of hydrogen-bond acceptors (Lipinski definition) is 6. The lowest BCUT2D eigenvalue weighted by Gasteiger charge is -2.37. The van der Waals surface area contributed by atoms with E-state index in [1.807, 2.05) is 17.8 Å². The highest BCUT2D eigenvalue weighted by molar-refractivity contribution is 7.91. The van der Waals surface area contributed by atoms with Crippen molar-refractivity contribution in [1.82, 2.24) is 19.4 Å². The molecule has 2 fully saturated rings. The van der Waals surface area contributed by atoms with Gasteiger partial charge >= 0.3 is 16.2 Å². The third-order valence-electron chi connectivity index (χ3n) is 6.30. The topological polar surface area (TPSA) is 99.6 Å². The number of urea groups is 1. The quantitative estimate of drug-likeness (QED) is 0.547. The average Bonchev–Trinajstić information content (AvgIpc) is 3.32. The van der Waals surface area contributed by atoms with Crippen molar-refractivity contribution in [3.63, 3.8) is 0 Å². The van der Waals surface area contributed by atoms with E-state index in [0.29, 0.717) is 29.9 Å². The summed E-state index contributed by atoms with van der Waals surface area (Å²) < 4.78 is 32.6. The Kier molecular flexibility index (Phi) is 7.25. The third kappa shape index (κ3) is 5.58. The predicted molar refractivity (Wildman–Crippen MR) is 137 cm³/mol. The first kappa shape index (κ1) is 25.0. The van der Waals surface area contributed by atoms with Crippen molar-refractivity contribution in [2.75, 3.05) is 29.8 Å². The van der Waals surface area contributed by atoms with Crippen LogP contribution in [0.3, 0.4) is 0 Å². The normalized spacial score (nSPS) is 19.6. The standard InChI is InChI=1S/C23H36N6O3S2/c1-15(2)21-11-20(22(33-21)16(3)4)25-23(30)26-34(31,32)29(18-7-6-10-27(5)13-18)19-12-24-28(14-19)17-8-9-17/h11-12,14-18H,6-10,13H2,1-5H3,(H2,25,26,30)/t18-/m1/s1. The van der Waals surface area contributed by atoms with Crippen LogP contribution in [0.2, 0.25) is 0 Å². The smallest absolute Gasteiger partial charge is 0.306 e. The number of carbonyl (C=O) groups is 1. The molecule has 0 unspecified atom stereocenters. The first-order valence-electron chi connectivity index (χ1n) is 12.0. The van der Waals surface area contributed by atoms with Crippen LogP contribution in [0.5, 0.6) is 0 Å². The lowest BCUT2D eigenvalue weighted by atomic mass is 10.1. The molecule has 2 aromatic heterocycles. The molecule has 0 spiro atoms. The first-order valence-corrected chi connectivity index (χ1v) is 14.3. The summed E-state index contributed by atoms with van der Waals surface area (Å²) in [6.07, 6.45) is 7.10. The molecule has 34 heavy (non-hydrogen) atoms. The molecule has 2 amide bonds. The predicted octanol–water partition coefficient (Wildman–Crippen LogP) is 4.49. The summed E-state index contributed by atoms with van der Waals surface area (Å²) in [6, 6.07) is 1.26. The molecule has 2 N–H and O–H groups in total. The molecule has 0 bridgehead atoms. The van der Waals surface area contributed by atoms with E-state index in [0.717, 1.165) is 42.0 Å². The Hall–Kier alpha value is -2.11. The summed E-state index contributed by atoms with van der Waals surface area (Å²) in [4.78, 5) is 17.2. The van der Waals surface area contributed by atoms with Crippen molar-refractivity contribution < 1.29 is 13.2 Å². The minimum Gasteiger partial charge on any atom is -0.306 e. The molecule has 11 heteroatoms. The van der Waals surface area contributed by atoms with Gasteiger partial charge in [-0.25, -0.2) is 13.8 Å². The van der Waals surface area contributed by atoms with Gasteiger partial charge in [0.1, 0.15) is 0 Å². The maximum atomic E-state index is 13.6. The lowest BCUT2D eigenvalue weighted by Crippen LogP contribution is -2.54. The van der Waals surface area contributed by atoms with E-state index < -0.39 is 16.2 Å². The van der Waals surface area contributed by atoms with Crippen LogP contribution in [0.4, 0.5) is 16.2 Å². The number of thiophene rings is 1. The molecule has 1 saturated heterocycles. The van der Waals surface area contributed by atoms with Gasteiger partial charge < -0.3 is 10.2 Å². The van der Waals surface area contributed by atoms with Gasteiger partial charge in [0.2, 0.25) is 0 Å². The Labute approximate surface area is 206 Å². The van der Waals surface area contributed by atoms with E-state index in [1.54, 1.807) is 23.7 Å². The fraction of sp³-hybridized carbons (Fsp3) is 0.652. The van der Waals surface area contributed by atoms with Crippen molar-refractivity contribution in [1.29, 1.82) is 0 Å². The molecule has 0 aromatic carbocycles. The zero-order valence-corrected chi connectivity index (χ0v) is 22.2. The number of amides is 2. The van der Waals surface area contributed by atoms with E-state index in [2.05, 4.69) is 47.7 Å². The van der Waals surface area contributed by atoms with Crippen LogP contribution in [0.15, 0.2) is 18.5 Å². The number of likely N-dealkylation sites (N-methyl/N-ethyl adjacent to an activating group) is 1. The highest BCUT2D eigenvalue weighted by Crippen LogP contribution is 2.37. The number of aromatic nitrogens is 2. The minimum absolute atomic E-state index is 0.215. The van der Waals surface area contributed by atoms with Crippen molar-refractivity contribution in [3.8, 4) is 0 Å². The van der Waals surface area contributed by atoms with Gasteiger partial charge in [-0.05, 0) is 57.2 Å². The molecule has 1 atom stereocenters. The molecule has 3 heterocycles. The Morgan fingerprint density at radius 2 is 1.94 bits per heavy atom.